The Labute approximate surface area is 244 Å². The molecule has 5 aromatic rings. The predicted molar refractivity (Wildman–Crippen MR) is 161 cm³/mol. The molecular formula is C29H26N4O4S3. The van der Waals surface area contributed by atoms with E-state index in [-0.39, 0.29) is 11.7 Å². The summed E-state index contributed by atoms with van der Waals surface area (Å²) in [6, 6.07) is 17.6. The average molecular weight is 591 g/mol. The molecule has 204 valence electrons. The van der Waals surface area contributed by atoms with Crippen LogP contribution in [0.4, 0.5) is 5.00 Å². The second-order valence-corrected chi connectivity index (χ2v) is 11.6. The van der Waals surface area contributed by atoms with E-state index in [4.69, 9.17) is 9.47 Å². The van der Waals surface area contributed by atoms with E-state index >= 15 is 0 Å². The van der Waals surface area contributed by atoms with Gasteiger partial charge in [-0.2, -0.15) is 0 Å². The Morgan fingerprint density at radius 1 is 0.950 bits per heavy atom. The van der Waals surface area contributed by atoms with E-state index < -0.39 is 5.97 Å². The van der Waals surface area contributed by atoms with Crippen molar-refractivity contribution in [1.29, 1.82) is 0 Å². The fourth-order valence-corrected chi connectivity index (χ4v) is 6.84. The van der Waals surface area contributed by atoms with Crippen LogP contribution in [0.3, 0.4) is 0 Å². The lowest BCUT2D eigenvalue weighted by Gasteiger charge is -2.09. The molecule has 8 nitrogen and oxygen atoms in total. The molecule has 0 aliphatic rings. The number of rotatable bonds is 9. The van der Waals surface area contributed by atoms with Crippen molar-refractivity contribution in [3.05, 3.63) is 75.8 Å². The maximum atomic E-state index is 13.0. The average Bonchev–Trinajstić information content (AvgIpc) is 3.68. The summed E-state index contributed by atoms with van der Waals surface area (Å²) in [5, 5.41) is 16.6. The Bertz CT molecular complexity index is 1660. The van der Waals surface area contributed by atoms with Gasteiger partial charge in [-0.25, -0.2) is 4.79 Å². The number of ether oxygens (including phenoxy) is 2. The molecule has 0 atom stereocenters. The van der Waals surface area contributed by atoms with Crippen molar-refractivity contribution in [2.45, 2.75) is 12.1 Å². The van der Waals surface area contributed by atoms with Gasteiger partial charge < -0.3 is 19.4 Å². The van der Waals surface area contributed by atoms with Gasteiger partial charge in [-0.15, -0.1) is 32.9 Å². The molecule has 0 spiro atoms. The molecule has 0 unspecified atom stereocenters. The first-order valence-corrected chi connectivity index (χ1v) is 15.0. The van der Waals surface area contributed by atoms with Crippen LogP contribution >= 0.6 is 34.4 Å². The van der Waals surface area contributed by atoms with Crippen LogP contribution in [0.2, 0.25) is 0 Å². The summed E-state index contributed by atoms with van der Waals surface area (Å²) < 4.78 is 12.2. The number of thioether (sulfide) groups is 1. The second kappa shape index (κ2) is 12.1. The zero-order valence-electron chi connectivity index (χ0n) is 22.3. The monoisotopic (exact) mass is 590 g/mol. The lowest BCUT2D eigenvalue weighted by Crippen LogP contribution is -2.16. The van der Waals surface area contributed by atoms with Crippen LogP contribution in [0.5, 0.6) is 5.75 Å². The third-order valence-electron chi connectivity index (χ3n) is 6.28. The highest BCUT2D eigenvalue weighted by atomic mass is 32.2. The minimum Gasteiger partial charge on any atom is -0.497 e. The van der Waals surface area contributed by atoms with Crippen molar-refractivity contribution < 1.29 is 19.1 Å². The standard InChI is InChI=1S/C29H26N4O4S3/c1-17-24(19-8-6-5-7-9-19)22(15-38-17)26-31-32-29(33(26)2)40-16-23(34)30-27-25(28(35)37-4)21(14-39-27)18-10-12-20(36-3)13-11-18/h5-15H,16H2,1-4H3,(H,30,34). The highest BCUT2D eigenvalue weighted by Crippen LogP contribution is 2.39. The molecule has 1 amide bonds. The molecule has 0 radical (unpaired) electrons. The van der Waals surface area contributed by atoms with E-state index in [1.54, 1.807) is 18.4 Å². The van der Waals surface area contributed by atoms with E-state index in [1.165, 1.54) is 35.1 Å². The largest absolute Gasteiger partial charge is 0.497 e. The van der Waals surface area contributed by atoms with E-state index in [1.807, 2.05) is 59.5 Å². The van der Waals surface area contributed by atoms with Gasteiger partial charge in [0, 0.05) is 39.4 Å². The van der Waals surface area contributed by atoms with Gasteiger partial charge in [-0.1, -0.05) is 54.2 Å². The van der Waals surface area contributed by atoms with Crippen molar-refractivity contribution in [1.82, 2.24) is 14.8 Å². The molecular weight excluding hydrogens is 565 g/mol. The number of carbonyl (C=O) groups is 2. The minimum absolute atomic E-state index is 0.0938. The number of thiophene rings is 2. The second-order valence-electron chi connectivity index (χ2n) is 8.72. The summed E-state index contributed by atoms with van der Waals surface area (Å²) >= 11 is 4.23. The first kappa shape index (κ1) is 27.6. The zero-order valence-corrected chi connectivity index (χ0v) is 24.7. The quantitative estimate of drug-likeness (QED) is 0.149. The van der Waals surface area contributed by atoms with Crippen molar-refractivity contribution in [2.75, 3.05) is 25.3 Å². The number of anilines is 1. The number of nitrogens with one attached hydrogen (secondary N) is 1. The fourth-order valence-electron chi connectivity index (χ4n) is 4.29. The maximum absolute atomic E-state index is 13.0. The first-order chi connectivity index (χ1) is 19.4. The number of esters is 1. The van der Waals surface area contributed by atoms with E-state index in [0.29, 0.717) is 27.0 Å². The fraction of sp³-hybridized carbons (Fsp3) is 0.172. The van der Waals surface area contributed by atoms with Gasteiger partial charge in [0.2, 0.25) is 5.91 Å². The summed E-state index contributed by atoms with van der Waals surface area (Å²) in [5.74, 6) is 0.756. The van der Waals surface area contributed by atoms with Crippen molar-refractivity contribution in [3.8, 4) is 39.4 Å². The number of methoxy groups -OCH3 is 2. The number of amides is 1. The predicted octanol–water partition coefficient (Wildman–Crippen LogP) is 6.77. The molecule has 0 aliphatic heterocycles. The first-order valence-electron chi connectivity index (χ1n) is 12.2. The SMILES string of the molecule is COC(=O)c1c(-c2ccc(OC)cc2)csc1NC(=O)CSc1nnc(-c2csc(C)c2-c2ccccc2)n1C. The van der Waals surface area contributed by atoms with Crippen LogP contribution in [0.25, 0.3) is 33.6 Å². The molecule has 3 aromatic heterocycles. The molecule has 0 saturated heterocycles. The van der Waals surface area contributed by atoms with Crippen LogP contribution in [0.1, 0.15) is 15.2 Å². The van der Waals surface area contributed by atoms with Gasteiger partial charge in [0.15, 0.2) is 11.0 Å². The normalized spacial score (nSPS) is 10.9. The molecule has 2 aromatic carbocycles. The van der Waals surface area contributed by atoms with Crippen LogP contribution in [-0.2, 0) is 16.6 Å². The minimum atomic E-state index is -0.520. The van der Waals surface area contributed by atoms with E-state index in [9.17, 15) is 9.59 Å². The van der Waals surface area contributed by atoms with Gasteiger partial charge in [0.1, 0.15) is 16.3 Å². The molecule has 3 heterocycles. The van der Waals surface area contributed by atoms with Gasteiger partial charge in [0.25, 0.3) is 0 Å². The van der Waals surface area contributed by atoms with Crippen molar-refractivity contribution in [3.63, 3.8) is 0 Å². The Morgan fingerprint density at radius 3 is 2.38 bits per heavy atom. The molecule has 0 bridgehead atoms. The van der Waals surface area contributed by atoms with Crippen molar-refractivity contribution >= 4 is 51.3 Å². The van der Waals surface area contributed by atoms with Crippen LogP contribution in [0, 0.1) is 6.92 Å². The molecule has 1 N–H and O–H groups in total. The summed E-state index contributed by atoms with van der Waals surface area (Å²) in [5.41, 5.74) is 5.08. The number of aromatic nitrogens is 3. The number of carbonyl (C=O) groups excluding carboxylic acids is 2. The number of hydrogen-bond acceptors (Lipinski definition) is 9. The number of aryl methyl sites for hydroxylation is 1. The molecule has 5 rings (SSSR count). The third-order valence-corrected chi connectivity index (χ3v) is 9.11. The Hall–Kier alpha value is -3.93. The van der Waals surface area contributed by atoms with Gasteiger partial charge in [-0.3, -0.25) is 4.79 Å². The summed E-state index contributed by atoms with van der Waals surface area (Å²) in [7, 11) is 4.81. The smallest absolute Gasteiger partial charge is 0.341 e. The summed E-state index contributed by atoms with van der Waals surface area (Å²) in [6.07, 6.45) is 0. The van der Waals surface area contributed by atoms with Crippen molar-refractivity contribution in [2.24, 2.45) is 7.05 Å². The molecule has 0 saturated carbocycles. The maximum Gasteiger partial charge on any atom is 0.341 e. The molecule has 0 aliphatic carbocycles. The Balaban J connectivity index is 1.32. The summed E-state index contributed by atoms with van der Waals surface area (Å²) in [4.78, 5) is 26.8. The molecule has 0 fully saturated rings. The van der Waals surface area contributed by atoms with Gasteiger partial charge in [0.05, 0.1) is 20.0 Å². The lowest BCUT2D eigenvalue weighted by molar-refractivity contribution is -0.113. The molecule has 11 heteroatoms. The number of nitrogens with zero attached hydrogens (tertiary/aromatic N) is 3. The summed E-state index contributed by atoms with van der Waals surface area (Å²) in [6.45, 7) is 2.10. The van der Waals surface area contributed by atoms with Crippen LogP contribution in [-0.4, -0.2) is 46.6 Å². The molecule has 40 heavy (non-hydrogen) atoms. The lowest BCUT2D eigenvalue weighted by atomic mass is 10.0. The topological polar surface area (TPSA) is 95.3 Å². The number of hydrogen-bond donors (Lipinski definition) is 1. The van der Waals surface area contributed by atoms with Gasteiger partial charge in [-0.05, 0) is 30.2 Å². The highest BCUT2D eigenvalue weighted by Gasteiger charge is 2.23. The number of benzene rings is 2. The van der Waals surface area contributed by atoms with Gasteiger partial charge >= 0.3 is 5.97 Å². The van der Waals surface area contributed by atoms with E-state index in [0.717, 1.165) is 28.1 Å². The van der Waals surface area contributed by atoms with Crippen LogP contribution < -0.4 is 10.1 Å². The zero-order chi connectivity index (χ0) is 28.2. The Kier molecular flexibility index (Phi) is 8.34. The van der Waals surface area contributed by atoms with E-state index in [2.05, 4.69) is 40.0 Å². The third kappa shape index (κ3) is 5.53. The highest BCUT2D eigenvalue weighted by molar-refractivity contribution is 7.99. The van der Waals surface area contributed by atoms with Crippen LogP contribution in [0.15, 0.2) is 70.5 Å². The Morgan fingerprint density at radius 2 is 1.68 bits per heavy atom.